The molecule has 1 N–H and O–H groups in total. The summed E-state index contributed by atoms with van der Waals surface area (Å²) in [4.78, 5) is 27.5. The third-order valence-corrected chi connectivity index (χ3v) is 3.66. The Morgan fingerprint density at radius 2 is 1.94 bits per heavy atom. The first-order valence-electron chi connectivity index (χ1n) is 6.88. The molecule has 5 heteroatoms. The number of carbonyl (C=O) groups is 2. The van der Waals surface area contributed by atoms with Crippen LogP contribution < -0.4 is 5.32 Å². The fourth-order valence-corrected chi connectivity index (χ4v) is 2.82. The Balaban J connectivity index is 1.88. The van der Waals surface area contributed by atoms with E-state index in [4.69, 9.17) is 0 Å². The van der Waals surface area contributed by atoms with Crippen molar-refractivity contribution in [3.8, 4) is 0 Å². The summed E-state index contributed by atoms with van der Waals surface area (Å²) in [6.07, 6.45) is 2.58. The van der Waals surface area contributed by atoms with E-state index in [1.165, 1.54) is 0 Å². The Morgan fingerprint density at radius 1 is 1.28 bits per heavy atom. The summed E-state index contributed by atoms with van der Waals surface area (Å²) in [5, 5.41) is 3.40. The average Bonchev–Trinajstić information content (AvgIpc) is 2.31. The molecule has 0 aromatic heterocycles. The van der Waals surface area contributed by atoms with Gasteiger partial charge in [-0.05, 0) is 26.7 Å². The lowest BCUT2D eigenvalue weighted by atomic mass is 10.1. The van der Waals surface area contributed by atoms with E-state index in [9.17, 15) is 9.59 Å². The number of carbonyl (C=O) groups excluding carboxylic acids is 2. The van der Waals surface area contributed by atoms with Gasteiger partial charge in [-0.1, -0.05) is 0 Å². The number of hydrogen-bond donors (Lipinski definition) is 1. The summed E-state index contributed by atoms with van der Waals surface area (Å²) in [6, 6.07) is 0.657. The highest BCUT2D eigenvalue weighted by Gasteiger charge is 2.27. The first-order valence-corrected chi connectivity index (χ1v) is 6.88. The number of likely N-dealkylation sites (tertiary alicyclic amines) is 1. The molecule has 0 aromatic rings. The van der Waals surface area contributed by atoms with Crippen molar-refractivity contribution >= 4 is 11.8 Å². The second-order valence-corrected chi connectivity index (χ2v) is 5.54. The fourth-order valence-electron chi connectivity index (χ4n) is 2.82. The highest BCUT2D eigenvalue weighted by Crippen LogP contribution is 2.11. The van der Waals surface area contributed by atoms with Crippen LogP contribution in [0.2, 0.25) is 0 Å². The van der Waals surface area contributed by atoms with Crippen molar-refractivity contribution in [2.45, 2.75) is 45.2 Å². The zero-order valence-electron chi connectivity index (χ0n) is 11.3. The van der Waals surface area contributed by atoms with E-state index in [-0.39, 0.29) is 18.4 Å². The molecule has 2 saturated heterocycles. The molecule has 2 aliphatic heterocycles. The number of nitrogens with zero attached hydrogens (tertiary/aromatic N) is 2. The van der Waals surface area contributed by atoms with Gasteiger partial charge >= 0.3 is 0 Å². The predicted octanol–water partition coefficient (Wildman–Crippen LogP) is 0.208. The lowest BCUT2D eigenvalue weighted by Crippen LogP contribution is -2.57. The Bertz CT molecular complexity index is 322. The van der Waals surface area contributed by atoms with Crippen molar-refractivity contribution in [1.29, 1.82) is 0 Å². The van der Waals surface area contributed by atoms with Crippen LogP contribution in [-0.4, -0.2) is 59.9 Å². The molecule has 2 aliphatic rings. The second-order valence-electron chi connectivity index (χ2n) is 5.54. The quantitative estimate of drug-likeness (QED) is 0.765. The smallest absolute Gasteiger partial charge is 0.242 e. The van der Waals surface area contributed by atoms with Crippen molar-refractivity contribution < 1.29 is 9.59 Å². The van der Waals surface area contributed by atoms with E-state index in [1.807, 2.05) is 4.90 Å². The maximum absolute atomic E-state index is 12.2. The number of hydrogen-bond acceptors (Lipinski definition) is 3. The van der Waals surface area contributed by atoms with Crippen molar-refractivity contribution in [2.24, 2.45) is 0 Å². The molecule has 0 aromatic carbocycles. The standard InChI is InChI=1S/C13H23N3O2/c1-10-7-16(8-11(2)14-10)13(18)9-15-6-4-3-5-12(15)17/h10-11,14H,3-9H2,1-2H3/t10-,11-/m1/s1. The summed E-state index contributed by atoms with van der Waals surface area (Å²) in [5.74, 6) is 0.219. The average molecular weight is 253 g/mol. The van der Waals surface area contributed by atoms with Gasteiger partial charge in [-0.25, -0.2) is 0 Å². The lowest BCUT2D eigenvalue weighted by Gasteiger charge is -2.37. The van der Waals surface area contributed by atoms with Gasteiger partial charge in [0.2, 0.25) is 11.8 Å². The molecule has 0 radical (unpaired) electrons. The Morgan fingerprint density at radius 3 is 2.56 bits per heavy atom. The van der Waals surface area contributed by atoms with Crippen LogP contribution >= 0.6 is 0 Å². The van der Waals surface area contributed by atoms with Gasteiger partial charge in [0.25, 0.3) is 0 Å². The number of piperidine rings is 1. The van der Waals surface area contributed by atoms with Crippen molar-refractivity contribution in [3.63, 3.8) is 0 Å². The fraction of sp³-hybridized carbons (Fsp3) is 0.846. The highest BCUT2D eigenvalue weighted by atomic mass is 16.2. The van der Waals surface area contributed by atoms with Gasteiger partial charge in [0.15, 0.2) is 0 Å². The third-order valence-electron chi connectivity index (χ3n) is 3.66. The van der Waals surface area contributed by atoms with E-state index in [0.29, 0.717) is 18.5 Å². The molecule has 0 bridgehead atoms. The lowest BCUT2D eigenvalue weighted by molar-refractivity contribution is -0.142. The van der Waals surface area contributed by atoms with Crippen LogP contribution in [0, 0.1) is 0 Å². The molecule has 5 nitrogen and oxygen atoms in total. The topological polar surface area (TPSA) is 52.7 Å². The second kappa shape index (κ2) is 5.69. The SMILES string of the molecule is C[C@@H]1CN(C(=O)CN2CCCCC2=O)C[C@@H](C)N1. The first-order chi connectivity index (χ1) is 8.56. The minimum absolute atomic E-state index is 0.0884. The van der Waals surface area contributed by atoms with E-state index < -0.39 is 0 Å². The monoisotopic (exact) mass is 253 g/mol. The van der Waals surface area contributed by atoms with Crippen LogP contribution in [0.1, 0.15) is 33.1 Å². The highest BCUT2D eigenvalue weighted by molar-refractivity contribution is 5.85. The van der Waals surface area contributed by atoms with Gasteiger partial charge in [-0.2, -0.15) is 0 Å². The number of rotatable bonds is 2. The van der Waals surface area contributed by atoms with Gasteiger partial charge in [0, 0.05) is 38.1 Å². The maximum atomic E-state index is 12.2. The largest absolute Gasteiger partial charge is 0.338 e. The molecular formula is C13H23N3O2. The summed E-state index contributed by atoms with van der Waals surface area (Å²) < 4.78 is 0. The zero-order valence-corrected chi connectivity index (χ0v) is 11.3. The number of piperazine rings is 1. The predicted molar refractivity (Wildman–Crippen MR) is 69.1 cm³/mol. The van der Waals surface area contributed by atoms with Crippen molar-refractivity contribution in [3.05, 3.63) is 0 Å². The molecule has 2 heterocycles. The van der Waals surface area contributed by atoms with Crippen LogP contribution in [0.25, 0.3) is 0 Å². The van der Waals surface area contributed by atoms with Gasteiger partial charge in [-0.15, -0.1) is 0 Å². The first kappa shape index (κ1) is 13.3. The maximum Gasteiger partial charge on any atom is 0.242 e. The Labute approximate surface area is 108 Å². The molecule has 0 aliphatic carbocycles. The molecule has 18 heavy (non-hydrogen) atoms. The van der Waals surface area contributed by atoms with E-state index in [0.717, 1.165) is 32.5 Å². The number of nitrogens with one attached hydrogen (secondary N) is 1. The number of amides is 2. The minimum Gasteiger partial charge on any atom is -0.338 e. The Hall–Kier alpha value is -1.10. The van der Waals surface area contributed by atoms with Crippen LogP contribution in [0.15, 0.2) is 0 Å². The molecule has 0 saturated carbocycles. The van der Waals surface area contributed by atoms with E-state index in [1.54, 1.807) is 4.90 Å². The molecule has 0 spiro atoms. The van der Waals surface area contributed by atoms with Gasteiger partial charge in [-0.3, -0.25) is 9.59 Å². The summed E-state index contributed by atoms with van der Waals surface area (Å²) in [7, 11) is 0. The van der Waals surface area contributed by atoms with Crippen LogP contribution in [-0.2, 0) is 9.59 Å². The van der Waals surface area contributed by atoms with Gasteiger partial charge < -0.3 is 15.1 Å². The summed E-state index contributed by atoms with van der Waals surface area (Å²) >= 11 is 0. The molecule has 2 amide bonds. The van der Waals surface area contributed by atoms with E-state index >= 15 is 0 Å². The summed E-state index contributed by atoms with van der Waals surface area (Å²) in [6.45, 7) is 6.65. The third kappa shape index (κ3) is 3.22. The molecule has 2 rings (SSSR count). The normalized spacial score (nSPS) is 29.6. The van der Waals surface area contributed by atoms with Crippen molar-refractivity contribution in [2.75, 3.05) is 26.2 Å². The molecular weight excluding hydrogens is 230 g/mol. The van der Waals surface area contributed by atoms with Crippen LogP contribution in [0.4, 0.5) is 0 Å². The molecule has 2 atom stereocenters. The molecule has 2 fully saturated rings. The van der Waals surface area contributed by atoms with Gasteiger partial charge in [0.1, 0.15) is 0 Å². The minimum atomic E-state index is 0.0884. The van der Waals surface area contributed by atoms with Crippen molar-refractivity contribution in [1.82, 2.24) is 15.1 Å². The van der Waals surface area contributed by atoms with Gasteiger partial charge in [0.05, 0.1) is 6.54 Å². The zero-order chi connectivity index (χ0) is 13.1. The Kier molecular flexibility index (Phi) is 4.22. The molecule has 0 unspecified atom stereocenters. The van der Waals surface area contributed by atoms with Crippen LogP contribution in [0.5, 0.6) is 0 Å². The van der Waals surface area contributed by atoms with E-state index in [2.05, 4.69) is 19.2 Å². The van der Waals surface area contributed by atoms with Crippen LogP contribution in [0.3, 0.4) is 0 Å². The molecule has 102 valence electrons. The summed E-state index contributed by atoms with van der Waals surface area (Å²) in [5.41, 5.74) is 0.